The molecule has 0 aromatic heterocycles. The molecule has 0 fully saturated rings. The first-order chi connectivity index (χ1) is 16.0. The lowest BCUT2D eigenvalue weighted by Gasteiger charge is -2.14. The molecule has 0 saturated carbocycles. The van der Waals surface area contributed by atoms with Gasteiger partial charge in [0.25, 0.3) is 0 Å². The molecule has 0 radical (unpaired) electrons. The van der Waals surface area contributed by atoms with Crippen molar-refractivity contribution in [1.82, 2.24) is 5.43 Å². The average molecular weight is 613 g/mol. The molecule has 9 heteroatoms. The first-order valence-electron chi connectivity index (χ1n) is 9.84. The highest BCUT2D eigenvalue weighted by Crippen LogP contribution is 2.37. The minimum Gasteiger partial charge on any atom is -0.493 e. The summed E-state index contributed by atoms with van der Waals surface area (Å²) in [4.78, 5) is 12.1. The van der Waals surface area contributed by atoms with Gasteiger partial charge in [-0.15, -0.1) is 11.8 Å². The lowest BCUT2D eigenvalue weighted by molar-refractivity contribution is -0.118. The molecule has 172 valence electrons. The van der Waals surface area contributed by atoms with Crippen LogP contribution in [0.2, 0.25) is 5.02 Å². The summed E-state index contributed by atoms with van der Waals surface area (Å²) in [6.45, 7) is 0.301. The molecule has 0 aliphatic carbocycles. The van der Waals surface area contributed by atoms with E-state index in [1.807, 2.05) is 54.6 Å². The first-order valence-corrected chi connectivity index (χ1v) is 13.0. The molecule has 3 aromatic rings. The maximum Gasteiger partial charge on any atom is 0.250 e. The predicted octanol–water partition coefficient (Wildman–Crippen LogP) is 6.84. The summed E-state index contributed by atoms with van der Waals surface area (Å²) in [6.07, 6.45) is 1.56. The van der Waals surface area contributed by atoms with Crippen molar-refractivity contribution in [2.45, 2.75) is 12.4 Å². The number of hydrogen-bond donors (Lipinski definition) is 1. The predicted molar refractivity (Wildman–Crippen MR) is 143 cm³/mol. The van der Waals surface area contributed by atoms with Gasteiger partial charge in [0, 0.05) is 20.8 Å². The van der Waals surface area contributed by atoms with Crippen molar-refractivity contribution in [3.05, 3.63) is 91.3 Å². The molecule has 33 heavy (non-hydrogen) atoms. The Kier molecular flexibility index (Phi) is 10.1. The van der Waals surface area contributed by atoms with Crippen LogP contribution in [0, 0.1) is 0 Å². The average Bonchev–Trinajstić information content (AvgIpc) is 2.79. The van der Waals surface area contributed by atoms with Gasteiger partial charge in [0.15, 0.2) is 11.5 Å². The number of carbonyl (C=O) groups excluding carboxylic acids is 1. The van der Waals surface area contributed by atoms with Gasteiger partial charge in [-0.1, -0.05) is 57.9 Å². The minimum absolute atomic E-state index is 0.169. The number of nitrogens with one attached hydrogen (secondary N) is 1. The molecule has 0 unspecified atom stereocenters. The van der Waals surface area contributed by atoms with E-state index in [0.717, 1.165) is 26.9 Å². The van der Waals surface area contributed by atoms with Gasteiger partial charge < -0.3 is 9.47 Å². The van der Waals surface area contributed by atoms with E-state index in [2.05, 4.69) is 42.4 Å². The molecule has 3 rings (SSSR count). The Bertz CT molecular complexity index is 1140. The molecule has 1 N–H and O–H groups in total. The van der Waals surface area contributed by atoms with Crippen molar-refractivity contribution in [3.63, 3.8) is 0 Å². The van der Waals surface area contributed by atoms with Gasteiger partial charge in [0.1, 0.15) is 6.61 Å². The highest BCUT2D eigenvalue weighted by molar-refractivity contribution is 9.10. The Morgan fingerprint density at radius 2 is 1.97 bits per heavy atom. The van der Waals surface area contributed by atoms with Gasteiger partial charge in [-0.3, -0.25) is 4.79 Å². The van der Waals surface area contributed by atoms with E-state index in [9.17, 15) is 4.79 Å². The van der Waals surface area contributed by atoms with Crippen molar-refractivity contribution in [2.24, 2.45) is 5.10 Å². The number of amides is 1. The summed E-state index contributed by atoms with van der Waals surface area (Å²) in [7, 11) is 1.56. The lowest BCUT2D eigenvalue weighted by atomic mass is 10.2. The third kappa shape index (κ3) is 8.07. The Morgan fingerprint density at radius 3 is 2.73 bits per heavy atom. The second-order valence-corrected chi connectivity index (χ2v) is 9.99. The number of thioether (sulfide) groups is 1. The smallest absolute Gasteiger partial charge is 0.250 e. The fourth-order valence-corrected chi connectivity index (χ4v) is 4.80. The van der Waals surface area contributed by atoms with Crippen LogP contribution < -0.4 is 14.9 Å². The van der Waals surface area contributed by atoms with E-state index < -0.39 is 0 Å². The fourth-order valence-electron chi connectivity index (χ4n) is 2.82. The standard InChI is InChI=1S/C24H21Br2ClN2O3S/c1-31-22-11-17(10-20(26)24(22)32-13-18-6-2-3-8-21(18)27)12-28-29-23(30)15-33-14-16-5-4-7-19(25)9-16/h2-12H,13-15H2,1H3,(H,29,30)/b28-12-. The van der Waals surface area contributed by atoms with Gasteiger partial charge in [0.05, 0.1) is 23.5 Å². The summed E-state index contributed by atoms with van der Waals surface area (Å²) < 4.78 is 13.1. The highest BCUT2D eigenvalue weighted by atomic mass is 79.9. The molecule has 5 nitrogen and oxygen atoms in total. The topological polar surface area (TPSA) is 59.9 Å². The van der Waals surface area contributed by atoms with E-state index >= 15 is 0 Å². The summed E-state index contributed by atoms with van der Waals surface area (Å²) in [5.74, 6) is 1.98. The Labute approximate surface area is 219 Å². The number of carbonyl (C=O) groups is 1. The Balaban J connectivity index is 1.54. The van der Waals surface area contributed by atoms with E-state index in [-0.39, 0.29) is 5.91 Å². The SMILES string of the molecule is COc1cc(/C=N\NC(=O)CSCc2cccc(Br)c2)cc(Br)c1OCc1ccccc1Cl. The van der Waals surface area contributed by atoms with Crippen molar-refractivity contribution in [3.8, 4) is 11.5 Å². The molecule has 0 spiro atoms. The molecule has 1 amide bonds. The maximum absolute atomic E-state index is 12.1. The van der Waals surface area contributed by atoms with Crippen molar-refractivity contribution in [1.29, 1.82) is 0 Å². The highest BCUT2D eigenvalue weighted by Gasteiger charge is 2.12. The molecule has 3 aromatic carbocycles. The summed E-state index contributed by atoms with van der Waals surface area (Å²) in [5.41, 5.74) is 5.32. The molecular formula is C24H21Br2ClN2O3S. The second kappa shape index (κ2) is 13.0. The summed E-state index contributed by atoms with van der Waals surface area (Å²) in [6, 6.07) is 19.1. The minimum atomic E-state index is -0.169. The fraction of sp³-hybridized carbons (Fsp3) is 0.167. The zero-order valence-corrected chi connectivity index (χ0v) is 22.4. The van der Waals surface area contributed by atoms with Gasteiger partial charge in [-0.05, 0) is 57.4 Å². The quantitative estimate of drug-likeness (QED) is 0.201. The zero-order chi connectivity index (χ0) is 23.6. The van der Waals surface area contributed by atoms with Gasteiger partial charge >= 0.3 is 0 Å². The van der Waals surface area contributed by atoms with E-state index in [1.54, 1.807) is 19.4 Å². The number of halogens is 3. The number of methoxy groups -OCH3 is 1. The van der Waals surface area contributed by atoms with Crippen molar-refractivity contribution < 1.29 is 14.3 Å². The summed E-state index contributed by atoms with van der Waals surface area (Å²) >= 11 is 14.7. The van der Waals surface area contributed by atoms with Gasteiger partial charge in [-0.2, -0.15) is 5.10 Å². The third-order valence-electron chi connectivity index (χ3n) is 4.38. The first kappa shape index (κ1) is 25.6. The van der Waals surface area contributed by atoms with Crippen LogP contribution in [0.15, 0.2) is 74.7 Å². The van der Waals surface area contributed by atoms with E-state index in [1.165, 1.54) is 11.8 Å². The van der Waals surface area contributed by atoms with Crippen LogP contribution in [0.1, 0.15) is 16.7 Å². The van der Waals surface area contributed by atoms with Crippen LogP contribution in [0.4, 0.5) is 0 Å². The molecule has 0 heterocycles. The number of benzene rings is 3. The summed E-state index contributed by atoms with van der Waals surface area (Å²) in [5, 5.41) is 4.69. The van der Waals surface area contributed by atoms with Crippen LogP contribution in [0.3, 0.4) is 0 Å². The van der Waals surface area contributed by atoms with Gasteiger partial charge in [0.2, 0.25) is 5.91 Å². The van der Waals surface area contributed by atoms with Crippen LogP contribution in [0.5, 0.6) is 11.5 Å². The van der Waals surface area contributed by atoms with E-state index in [4.69, 9.17) is 21.1 Å². The zero-order valence-electron chi connectivity index (χ0n) is 17.7. The van der Waals surface area contributed by atoms with Crippen LogP contribution in [-0.4, -0.2) is 25.0 Å². The van der Waals surface area contributed by atoms with E-state index in [0.29, 0.717) is 33.4 Å². The van der Waals surface area contributed by atoms with Crippen LogP contribution >= 0.6 is 55.2 Å². The molecular weight excluding hydrogens is 592 g/mol. The number of hydrogen-bond acceptors (Lipinski definition) is 5. The Morgan fingerprint density at radius 1 is 1.15 bits per heavy atom. The molecule has 0 atom stereocenters. The Hall–Kier alpha value is -2.00. The molecule has 0 aliphatic rings. The molecule has 0 aliphatic heterocycles. The lowest BCUT2D eigenvalue weighted by Crippen LogP contribution is -2.19. The molecule has 0 bridgehead atoms. The van der Waals surface area contributed by atoms with Crippen LogP contribution in [0.25, 0.3) is 0 Å². The number of ether oxygens (including phenoxy) is 2. The van der Waals surface area contributed by atoms with Crippen molar-refractivity contribution in [2.75, 3.05) is 12.9 Å². The molecule has 0 saturated heterocycles. The number of hydrazone groups is 1. The van der Waals surface area contributed by atoms with Gasteiger partial charge in [-0.25, -0.2) is 5.43 Å². The third-order valence-corrected chi connectivity index (χ3v) is 6.83. The number of nitrogens with zero attached hydrogens (tertiary/aromatic N) is 1. The normalized spacial score (nSPS) is 10.9. The number of rotatable bonds is 10. The van der Waals surface area contributed by atoms with Crippen LogP contribution in [-0.2, 0) is 17.2 Å². The maximum atomic E-state index is 12.1. The largest absolute Gasteiger partial charge is 0.493 e. The monoisotopic (exact) mass is 610 g/mol. The second-order valence-electron chi connectivity index (χ2n) is 6.83. The van der Waals surface area contributed by atoms with Crippen molar-refractivity contribution >= 4 is 67.3 Å².